The molecule has 0 aromatic carbocycles. The minimum Gasteiger partial charge on any atom is -0.396 e. The fraction of sp³-hybridized carbons (Fsp3) is 1.00. The maximum Gasteiger partial charge on any atom is 0.466 e. The summed E-state index contributed by atoms with van der Waals surface area (Å²) >= 11 is 0. The van der Waals surface area contributed by atoms with Crippen molar-refractivity contribution in [2.45, 2.75) is 25.7 Å². The number of unbranched alkanes of at least 4 members (excludes halogenated alkanes) is 3. The lowest BCUT2D eigenvalue weighted by molar-refractivity contribution is 0.275. The average molecular weight is 215 g/mol. The summed E-state index contributed by atoms with van der Waals surface area (Å²) in [5.74, 6) is 0. The Balaban J connectivity index is 0. The van der Waals surface area contributed by atoms with Gasteiger partial charge in [0.25, 0.3) is 0 Å². The highest BCUT2D eigenvalue weighted by molar-refractivity contribution is 7.45. The quantitative estimate of drug-likeness (QED) is 0.313. The van der Waals surface area contributed by atoms with E-state index in [2.05, 4.69) is 0 Å². The van der Waals surface area contributed by atoms with Crippen molar-refractivity contribution in [2.75, 3.05) is 13.2 Å². The van der Waals surface area contributed by atoms with E-state index in [0.717, 1.165) is 32.2 Å². The number of hydrogen-bond acceptors (Lipinski definition) is 3. The van der Waals surface area contributed by atoms with Crippen LogP contribution in [0.3, 0.4) is 0 Å². The maximum atomic E-state index is 8.88. The Kier molecular flexibility index (Phi) is 12.1. The second-order valence-electron chi connectivity index (χ2n) is 2.44. The van der Waals surface area contributed by atoms with Crippen LogP contribution in [0.15, 0.2) is 0 Å². The van der Waals surface area contributed by atoms with Crippen molar-refractivity contribution in [3.05, 3.63) is 0 Å². The second kappa shape index (κ2) is 10.1. The van der Waals surface area contributed by atoms with Gasteiger partial charge in [0.2, 0.25) is 0 Å². The number of nitrogens with two attached hydrogens (primary N) is 1. The molecule has 0 fully saturated rings. The SMILES string of the molecule is NCCCCCCO.O=P(O)(O)O. The van der Waals surface area contributed by atoms with Crippen molar-refractivity contribution in [1.82, 2.24) is 0 Å². The summed E-state index contributed by atoms with van der Waals surface area (Å²) < 4.78 is 8.88. The highest BCUT2D eigenvalue weighted by Crippen LogP contribution is 2.25. The molecule has 0 rings (SSSR count). The van der Waals surface area contributed by atoms with E-state index in [4.69, 9.17) is 30.1 Å². The van der Waals surface area contributed by atoms with Gasteiger partial charge in [0.1, 0.15) is 0 Å². The Morgan fingerprint density at radius 1 is 1.00 bits per heavy atom. The standard InChI is InChI=1S/C6H15NO.H3O4P/c7-5-3-1-2-4-6-8;1-5(2,3)4/h8H,1-7H2;(H3,1,2,3,4). The summed E-state index contributed by atoms with van der Waals surface area (Å²) in [6.45, 7) is 1.11. The van der Waals surface area contributed by atoms with Gasteiger partial charge in [0.05, 0.1) is 0 Å². The number of hydrogen-bond donors (Lipinski definition) is 5. The van der Waals surface area contributed by atoms with Crippen molar-refractivity contribution >= 4 is 7.82 Å². The van der Waals surface area contributed by atoms with E-state index in [9.17, 15) is 0 Å². The van der Waals surface area contributed by atoms with Crippen molar-refractivity contribution in [1.29, 1.82) is 0 Å². The van der Waals surface area contributed by atoms with E-state index in [1.54, 1.807) is 0 Å². The first-order valence-electron chi connectivity index (χ1n) is 4.01. The molecule has 0 heterocycles. The Hall–Kier alpha value is 0.0300. The Bertz CT molecular complexity index is 123. The molecule has 6 nitrogen and oxygen atoms in total. The molecule has 0 aliphatic carbocycles. The van der Waals surface area contributed by atoms with Crippen molar-refractivity contribution in [3.63, 3.8) is 0 Å². The van der Waals surface area contributed by atoms with Gasteiger partial charge in [-0.1, -0.05) is 12.8 Å². The molecule has 0 saturated heterocycles. The first-order valence-corrected chi connectivity index (χ1v) is 5.57. The molecule has 7 heteroatoms. The smallest absolute Gasteiger partial charge is 0.396 e. The van der Waals surface area contributed by atoms with Crippen LogP contribution in [0.2, 0.25) is 0 Å². The number of phosphoric acid groups is 1. The number of aliphatic hydroxyl groups is 1. The molecular formula is C6H18NO5P. The fourth-order valence-corrected chi connectivity index (χ4v) is 0.610. The molecule has 0 bridgehead atoms. The van der Waals surface area contributed by atoms with Gasteiger partial charge in [-0.15, -0.1) is 0 Å². The highest BCUT2D eigenvalue weighted by Gasteiger charge is 2.00. The van der Waals surface area contributed by atoms with Crippen molar-refractivity contribution < 1.29 is 24.4 Å². The Labute approximate surface area is 77.6 Å². The van der Waals surface area contributed by atoms with Crippen LogP contribution >= 0.6 is 7.82 Å². The van der Waals surface area contributed by atoms with E-state index in [1.165, 1.54) is 0 Å². The monoisotopic (exact) mass is 215 g/mol. The topological polar surface area (TPSA) is 124 Å². The third kappa shape index (κ3) is 47.8. The number of rotatable bonds is 5. The molecule has 0 amide bonds. The first kappa shape index (κ1) is 15.5. The second-order valence-corrected chi connectivity index (χ2v) is 3.47. The van der Waals surface area contributed by atoms with Crippen LogP contribution in [0.4, 0.5) is 0 Å². The highest BCUT2D eigenvalue weighted by atomic mass is 31.2. The largest absolute Gasteiger partial charge is 0.466 e. The van der Waals surface area contributed by atoms with Crippen LogP contribution in [0.25, 0.3) is 0 Å². The van der Waals surface area contributed by atoms with Crippen LogP contribution in [-0.4, -0.2) is 32.9 Å². The number of aliphatic hydroxyl groups excluding tert-OH is 1. The minimum absolute atomic E-state index is 0.324. The Morgan fingerprint density at radius 3 is 1.69 bits per heavy atom. The van der Waals surface area contributed by atoms with Gasteiger partial charge < -0.3 is 25.5 Å². The molecule has 0 aromatic heterocycles. The van der Waals surface area contributed by atoms with Crippen molar-refractivity contribution in [3.8, 4) is 0 Å². The van der Waals surface area contributed by atoms with E-state index in [0.29, 0.717) is 6.61 Å². The summed E-state index contributed by atoms with van der Waals surface area (Å²) in [5.41, 5.74) is 5.25. The minimum atomic E-state index is -4.64. The fourth-order valence-electron chi connectivity index (χ4n) is 0.610. The predicted octanol–water partition coefficient (Wildman–Crippen LogP) is -0.431. The third-order valence-electron chi connectivity index (χ3n) is 1.11. The summed E-state index contributed by atoms with van der Waals surface area (Å²) in [6, 6.07) is 0. The lowest BCUT2D eigenvalue weighted by Gasteiger charge is -1.93. The molecule has 0 atom stereocenters. The van der Waals surface area contributed by atoms with Gasteiger partial charge in [-0.3, -0.25) is 0 Å². The van der Waals surface area contributed by atoms with E-state index >= 15 is 0 Å². The molecule has 13 heavy (non-hydrogen) atoms. The molecule has 82 valence electrons. The zero-order valence-electron chi connectivity index (χ0n) is 7.46. The molecule has 0 spiro atoms. The molecule has 0 aromatic rings. The molecule has 0 unspecified atom stereocenters. The lowest BCUT2D eigenvalue weighted by Crippen LogP contribution is -1.97. The zero-order valence-corrected chi connectivity index (χ0v) is 8.36. The molecule has 0 aliphatic rings. The van der Waals surface area contributed by atoms with Gasteiger partial charge in [-0.05, 0) is 19.4 Å². The van der Waals surface area contributed by atoms with Gasteiger partial charge in [-0.2, -0.15) is 0 Å². The normalized spacial score (nSPS) is 10.5. The third-order valence-corrected chi connectivity index (χ3v) is 1.11. The Morgan fingerprint density at radius 2 is 1.38 bits per heavy atom. The average Bonchev–Trinajstić information content (AvgIpc) is 1.95. The van der Waals surface area contributed by atoms with Crippen LogP contribution in [-0.2, 0) is 4.57 Å². The summed E-state index contributed by atoms with van der Waals surface area (Å²) in [5, 5.41) is 8.33. The van der Waals surface area contributed by atoms with E-state index < -0.39 is 7.82 Å². The van der Waals surface area contributed by atoms with Gasteiger partial charge >= 0.3 is 7.82 Å². The summed E-state index contributed by atoms with van der Waals surface area (Å²) in [4.78, 5) is 21.6. The van der Waals surface area contributed by atoms with Crippen LogP contribution in [0.5, 0.6) is 0 Å². The van der Waals surface area contributed by atoms with Gasteiger partial charge in [0.15, 0.2) is 0 Å². The maximum absolute atomic E-state index is 8.88. The zero-order chi connectivity index (χ0) is 10.7. The molecular weight excluding hydrogens is 197 g/mol. The molecule has 0 saturated carbocycles. The van der Waals surface area contributed by atoms with E-state index in [-0.39, 0.29) is 0 Å². The predicted molar refractivity (Wildman–Crippen MR) is 48.9 cm³/mol. The molecule has 6 N–H and O–H groups in total. The van der Waals surface area contributed by atoms with Crippen molar-refractivity contribution in [2.24, 2.45) is 5.73 Å². The van der Waals surface area contributed by atoms with E-state index in [1.807, 2.05) is 0 Å². The van der Waals surface area contributed by atoms with Gasteiger partial charge in [-0.25, -0.2) is 4.57 Å². The molecule has 0 aliphatic heterocycles. The first-order chi connectivity index (χ1) is 5.91. The van der Waals surface area contributed by atoms with Crippen LogP contribution in [0, 0.1) is 0 Å². The summed E-state index contributed by atoms with van der Waals surface area (Å²) in [7, 11) is -4.64. The molecule has 0 radical (unpaired) electrons. The lowest BCUT2D eigenvalue weighted by atomic mass is 10.2. The summed E-state index contributed by atoms with van der Waals surface area (Å²) in [6.07, 6.45) is 4.31. The van der Waals surface area contributed by atoms with Crippen LogP contribution in [0.1, 0.15) is 25.7 Å². The van der Waals surface area contributed by atoms with Gasteiger partial charge in [0, 0.05) is 6.61 Å². The van der Waals surface area contributed by atoms with Crippen LogP contribution < -0.4 is 5.73 Å².